The van der Waals surface area contributed by atoms with E-state index in [9.17, 15) is 0 Å². The molecule has 2 nitrogen and oxygen atoms in total. The lowest BCUT2D eigenvalue weighted by molar-refractivity contribution is -0.0724. The Hall–Kier alpha value is -0.0800. The van der Waals surface area contributed by atoms with E-state index in [1.165, 1.54) is 0 Å². The van der Waals surface area contributed by atoms with Crippen LogP contribution in [-0.2, 0) is 4.74 Å². The minimum Gasteiger partial charge on any atom is -0.394 e. The van der Waals surface area contributed by atoms with E-state index in [1.807, 2.05) is 0 Å². The molecular weight excluding hydrogens is 164 g/mol. The van der Waals surface area contributed by atoms with Gasteiger partial charge in [-0.05, 0) is 10.8 Å². The minimum atomic E-state index is -0.0632. The van der Waals surface area contributed by atoms with Gasteiger partial charge in [0.1, 0.15) is 0 Å². The molecule has 0 heterocycles. The van der Waals surface area contributed by atoms with Crippen LogP contribution in [0.25, 0.3) is 0 Å². The van der Waals surface area contributed by atoms with E-state index in [2.05, 4.69) is 41.5 Å². The molecule has 0 radical (unpaired) electrons. The lowest BCUT2D eigenvalue weighted by atomic mass is 9.89. The molecule has 0 aromatic carbocycles. The third-order valence-corrected chi connectivity index (χ3v) is 1.85. The van der Waals surface area contributed by atoms with E-state index in [4.69, 9.17) is 9.84 Å². The molecule has 0 saturated carbocycles. The van der Waals surface area contributed by atoms with Gasteiger partial charge < -0.3 is 9.84 Å². The van der Waals surface area contributed by atoms with Gasteiger partial charge in [0.2, 0.25) is 0 Å². The van der Waals surface area contributed by atoms with Crippen molar-refractivity contribution in [3.05, 3.63) is 0 Å². The lowest BCUT2D eigenvalue weighted by Gasteiger charge is -2.31. The zero-order valence-electron chi connectivity index (χ0n) is 9.85. The largest absolute Gasteiger partial charge is 0.394 e. The van der Waals surface area contributed by atoms with Gasteiger partial charge in [-0.1, -0.05) is 41.5 Å². The molecule has 0 aliphatic carbocycles. The Balaban J connectivity index is 4.02. The Kier molecular flexibility index (Phi) is 4.40. The van der Waals surface area contributed by atoms with Crippen molar-refractivity contribution < 1.29 is 9.84 Å². The SMILES string of the molecule is CC(C)(C)COC(CO)C(C)(C)C. The van der Waals surface area contributed by atoms with E-state index in [0.29, 0.717) is 6.61 Å². The monoisotopic (exact) mass is 188 g/mol. The first-order valence-corrected chi connectivity index (χ1v) is 4.89. The Morgan fingerprint density at radius 1 is 1.08 bits per heavy atom. The van der Waals surface area contributed by atoms with Gasteiger partial charge in [-0.2, -0.15) is 0 Å². The second-order valence-electron chi connectivity index (χ2n) is 5.91. The first kappa shape index (κ1) is 12.9. The summed E-state index contributed by atoms with van der Waals surface area (Å²) in [5, 5.41) is 9.13. The summed E-state index contributed by atoms with van der Waals surface area (Å²) in [4.78, 5) is 0. The fourth-order valence-corrected chi connectivity index (χ4v) is 0.927. The van der Waals surface area contributed by atoms with Crippen molar-refractivity contribution in [2.45, 2.75) is 47.6 Å². The average Bonchev–Trinajstić information content (AvgIpc) is 1.82. The molecule has 0 aliphatic heterocycles. The highest BCUT2D eigenvalue weighted by Gasteiger charge is 2.26. The summed E-state index contributed by atoms with van der Waals surface area (Å²) in [5.41, 5.74) is 0.179. The highest BCUT2D eigenvalue weighted by atomic mass is 16.5. The van der Waals surface area contributed by atoms with Crippen LogP contribution in [0.5, 0.6) is 0 Å². The fraction of sp³-hybridized carbons (Fsp3) is 1.00. The quantitative estimate of drug-likeness (QED) is 0.737. The molecule has 0 aromatic heterocycles. The highest BCUT2D eigenvalue weighted by molar-refractivity contribution is 4.74. The smallest absolute Gasteiger partial charge is 0.0854 e. The van der Waals surface area contributed by atoms with Crippen LogP contribution >= 0.6 is 0 Å². The van der Waals surface area contributed by atoms with Crippen LogP contribution in [-0.4, -0.2) is 24.4 Å². The van der Waals surface area contributed by atoms with Crippen LogP contribution in [0, 0.1) is 10.8 Å². The normalized spacial score (nSPS) is 15.9. The standard InChI is InChI=1S/C11H24O2/c1-10(2,3)8-13-9(7-12)11(4,5)6/h9,12H,7-8H2,1-6H3. The molecule has 80 valence electrons. The second-order valence-corrected chi connectivity index (χ2v) is 5.91. The predicted molar refractivity (Wildman–Crippen MR) is 55.7 cm³/mol. The van der Waals surface area contributed by atoms with E-state index in [1.54, 1.807) is 0 Å². The van der Waals surface area contributed by atoms with Crippen molar-refractivity contribution in [2.75, 3.05) is 13.2 Å². The number of aliphatic hydroxyl groups excluding tert-OH is 1. The van der Waals surface area contributed by atoms with Gasteiger partial charge in [0.05, 0.1) is 19.3 Å². The number of rotatable bonds is 3. The zero-order valence-corrected chi connectivity index (χ0v) is 9.85. The van der Waals surface area contributed by atoms with Gasteiger partial charge in [-0.15, -0.1) is 0 Å². The molecule has 0 fully saturated rings. The average molecular weight is 188 g/mol. The van der Waals surface area contributed by atoms with Crippen molar-refractivity contribution in [2.24, 2.45) is 10.8 Å². The maximum absolute atomic E-state index is 9.13. The molecule has 0 saturated heterocycles. The molecule has 0 amide bonds. The van der Waals surface area contributed by atoms with Crippen molar-refractivity contribution in [1.82, 2.24) is 0 Å². The van der Waals surface area contributed by atoms with E-state index >= 15 is 0 Å². The highest BCUT2D eigenvalue weighted by Crippen LogP contribution is 2.24. The predicted octanol–water partition coefficient (Wildman–Crippen LogP) is 2.46. The first-order valence-electron chi connectivity index (χ1n) is 4.89. The van der Waals surface area contributed by atoms with Gasteiger partial charge in [-0.3, -0.25) is 0 Å². The Bertz CT molecular complexity index is 139. The number of hydrogen-bond donors (Lipinski definition) is 1. The first-order chi connectivity index (χ1) is 5.67. The maximum atomic E-state index is 9.13. The Morgan fingerprint density at radius 2 is 1.54 bits per heavy atom. The van der Waals surface area contributed by atoms with Crippen LogP contribution in [0.15, 0.2) is 0 Å². The van der Waals surface area contributed by atoms with Crippen LogP contribution < -0.4 is 0 Å². The number of aliphatic hydroxyl groups is 1. The lowest BCUT2D eigenvalue weighted by Crippen LogP contribution is -2.35. The minimum absolute atomic E-state index is 0.0139. The van der Waals surface area contributed by atoms with Crippen LogP contribution in [0.2, 0.25) is 0 Å². The van der Waals surface area contributed by atoms with Crippen molar-refractivity contribution in [3.8, 4) is 0 Å². The second kappa shape index (κ2) is 4.43. The van der Waals surface area contributed by atoms with E-state index < -0.39 is 0 Å². The fourth-order valence-electron chi connectivity index (χ4n) is 0.927. The van der Waals surface area contributed by atoms with Crippen LogP contribution in [0.3, 0.4) is 0 Å². The van der Waals surface area contributed by atoms with E-state index in [-0.39, 0.29) is 23.5 Å². The summed E-state index contributed by atoms with van der Waals surface area (Å²) in [6, 6.07) is 0. The molecule has 0 aliphatic rings. The summed E-state index contributed by atoms with van der Waals surface area (Å²) >= 11 is 0. The molecular formula is C11H24O2. The van der Waals surface area contributed by atoms with Crippen molar-refractivity contribution in [3.63, 3.8) is 0 Å². The Morgan fingerprint density at radius 3 is 1.77 bits per heavy atom. The van der Waals surface area contributed by atoms with Crippen LogP contribution in [0.1, 0.15) is 41.5 Å². The Labute approximate surface area is 82.3 Å². The summed E-state index contributed by atoms with van der Waals surface area (Å²) in [7, 11) is 0. The summed E-state index contributed by atoms with van der Waals surface area (Å²) in [6.07, 6.45) is -0.0632. The van der Waals surface area contributed by atoms with Gasteiger partial charge >= 0.3 is 0 Å². The number of hydrogen-bond acceptors (Lipinski definition) is 2. The maximum Gasteiger partial charge on any atom is 0.0854 e. The summed E-state index contributed by atoms with van der Waals surface area (Å²) < 4.78 is 5.67. The molecule has 2 heteroatoms. The molecule has 0 rings (SSSR count). The third-order valence-electron chi connectivity index (χ3n) is 1.85. The van der Waals surface area contributed by atoms with Gasteiger partial charge in [0.15, 0.2) is 0 Å². The van der Waals surface area contributed by atoms with Crippen LogP contribution in [0.4, 0.5) is 0 Å². The topological polar surface area (TPSA) is 29.5 Å². The van der Waals surface area contributed by atoms with Crippen molar-refractivity contribution >= 4 is 0 Å². The molecule has 13 heavy (non-hydrogen) atoms. The molecule has 1 N–H and O–H groups in total. The van der Waals surface area contributed by atoms with Gasteiger partial charge in [0.25, 0.3) is 0 Å². The molecule has 0 spiro atoms. The van der Waals surface area contributed by atoms with E-state index in [0.717, 1.165) is 0 Å². The molecule has 1 unspecified atom stereocenters. The third kappa shape index (κ3) is 6.05. The number of ether oxygens (including phenoxy) is 1. The van der Waals surface area contributed by atoms with Gasteiger partial charge in [0, 0.05) is 0 Å². The zero-order chi connectivity index (χ0) is 10.7. The van der Waals surface area contributed by atoms with Gasteiger partial charge in [-0.25, -0.2) is 0 Å². The molecule has 0 aromatic rings. The summed E-state index contributed by atoms with van der Waals surface area (Å²) in [6.45, 7) is 13.4. The summed E-state index contributed by atoms with van der Waals surface area (Å²) in [5.74, 6) is 0. The molecule has 1 atom stereocenters. The van der Waals surface area contributed by atoms with Crippen molar-refractivity contribution in [1.29, 1.82) is 0 Å². The molecule has 0 bridgehead atoms.